The smallest absolute Gasteiger partial charge is 0.407 e. The van der Waals surface area contributed by atoms with E-state index in [1.807, 2.05) is 53.1 Å². The molecule has 4 aliphatic rings. The molecule has 0 aliphatic carbocycles. The zero-order valence-electron chi connectivity index (χ0n) is 36.8. The fourth-order valence-electron chi connectivity index (χ4n) is 10.3. The van der Waals surface area contributed by atoms with Gasteiger partial charge in [-0.1, -0.05) is 24.0 Å². The number of methoxy groups -OCH3 is 2. The van der Waals surface area contributed by atoms with Crippen LogP contribution >= 0.6 is 0 Å². The van der Waals surface area contributed by atoms with Crippen LogP contribution in [0.5, 0.6) is 0 Å². The molecule has 0 bridgehead atoms. The van der Waals surface area contributed by atoms with E-state index in [2.05, 4.69) is 51.5 Å². The number of nitrogens with one attached hydrogen (secondary N) is 4. The number of nitrogens with zero attached hydrogens (tertiary/aromatic N) is 4. The van der Waals surface area contributed by atoms with Crippen molar-refractivity contribution in [2.75, 3.05) is 40.6 Å². The largest absolute Gasteiger partial charge is 0.453 e. The van der Waals surface area contributed by atoms with Gasteiger partial charge in [-0.3, -0.25) is 9.59 Å². The van der Waals surface area contributed by atoms with Crippen molar-refractivity contribution in [2.24, 2.45) is 11.8 Å². The van der Waals surface area contributed by atoms with E-state index in [1.165, 1.54) is 14.2 Å². The molecule has 3 aromatic carbocycles. The lowest BCUT2D eigenvalue weighted by atomic mass is 9.90. The number of fused-ring (bicyclic) bond motifs is 4. The number of ether oxygens (including phenoxy) is 4. The first kappa shape index (κ1) is 43.1. The molecule has 9 rings (SSSR count). The minimum absolute atomic E-state index is 0.0299. The van der Waals surface area contributed by atoms with E-state index in [9.17, 15) is 19.2 Å². The number of H-pyrrole nitrogens is 2. The number of benzene rings is 3. The molecule has 64 heavy (non-hydrogen) atoms. The maximum absolute atomic E-state index is 14.3. The van der Waals surface area contributed by atoms with Crippen LogP contribution in [0, 0.1) is 23.7 Å². The summed E-state index contributed by atoms with van der Waals surface area (Å²) in [4.78, 5) is 74.2. The van der Waals surface area contributed by atoms with Crippen molar-refractivity contribution in [3.8, 4) is 11.8 Å². The first-order chi connectivity index (χ1) is 31.1. The second-order valence-corrected chi connectivity index (χ2v) is 17.6. The molecule has 4 aliphatic heterocycles. The third-order valence-electron chi connectivity index (χ3n) is 13.7. The van der Waals surface area contributed by atoms with Crippen LogP contribution in [0.25, 0.3) is 32.8 Å². The van der Waals surface area contributed by atoms with E-state index in [4.69, 9.17) is 28.9 Å². The van der Waals surface area contributed by atoms with Gasteiger partial charge in [0.1, 0.15) is 23.7 Å². The molecule has 5 aromatic rings. The number of rotatable bonds is 8. The summed E-state index contributed by atoms with van der Waals surface area (Å²) in [6, 6.07) is 14.0. The number of carbonyl (C=O) groups excluding carboxylic acids is 4. The lowest BCUT2D eigenvalue weighted by Crippen LogP contribution is -2.54. The van der Waals surface area contributed by atoms with Gasteiger partial charge in [0.15, 0.2) is 0 Å². The highest BCUT2D eigenvalue weighted by atomic mass is 16.5. The second-order valence-electron chi connectivity index (χ2n) is 17.6. The molecule has 4 fully saturated rings. The van der Waals surface area contributed by atoms with Crippen molar-refractivity contribution in [1.29, 1.82) is 0 Å². The normalized spacial score (nSPS) is 22.9. The zero-order chi connectivity index (χ0) is 44.5. The standard InChI is InChI=1S/C48H56N8O8/c1-27-5-15-38(55(27)45(57)40(53-47(59)61-3)31-17-21-63-22-18-31)43-49-35-13-10-30(26-37(35)51-43)8-7-29-9-12-34-33(25-29)11-14-36-42(34)52-44(50-36)39-16-6-28(2)56(39)46(58)41(54-48(60)62-4)32-19-23-64-24-20-32/h9-14,25-28,31-32,38-41H,5-6,15-24H2,1-4H3,(H,49,51)(H,50,52)(H,53,59)(H,54,60)/t27-,28-,38-,39-,40-,41-/m0/s1. The molecule has 4 saturated heterocycles. The number of aromatic nitrogens is 4. The van der Waals surface area contributed by atoms with E-state index in [0.717, 1.165) is 75.5 Å². The van der Waals surface area contributed by atoms with Gasteiger partial charge in [0.05, 0.1) is 48.4 Å². The fourth-order valence-corrected chi connectivity index (χ4v) is 10.3. The summed E-state index contributed by atoms with van der Waals surface area (Å²) in [5.74, 6) is 7.74. The highest BCUT2D eigenvalue weighted by molar-refractivity contribution is 6.04. The van der Waals surface area contributed by atoms with Gasteiger partial charge in [0.2, 0.25) is 11.8 Å². The van der Waals surface area contributed by atoms with Crippen LogP contribution in [0.4, 0.5) is 9.59 Å². The first-order valence-electron chi connectivity index (χ1n) is 22.5. The second kappa shape index (κ2) is 18.5. The molecule has 4 amide bonds. The van der Waals surface area contributed by atoms with E-state index < -0.39 is 24.3 Å². The van der Waals surface area contributed by atoms with E-state index in [-0.39, 0.29) is 47.8 Å². The van der Waals surface area contributed by atoms with Gasteiger partial charge in [-0.15, -0.1) is 0 Å². The molecule has 16 heteroatoms. The lowest BCUT2D eigenvalue weighted by Gasteiger charge is -2.36. The molecule has 16 nitrogen and oxygen atoms in total. The van der Waals surface area contributed by atoms with Crippen LogP contribution in [0.2, 0.25) is 0 Å². The van der Waals surface area contributed by atoms with Crippen LogP contribution in [-0.2, 0) is 28.5 Å². The molecule has 0 radical (unpaired) electrons. The van der Waals surface area contributed by atoms with E-state index in [1.54, 1.807) is 0 Å². The minimum atomic E-state index is -0.716. The van der Waals surface area contributed by atoms with Gasteiger partial charge in [0, 0.05) is 55.0 Å². The Kier molecular flexibility index (Phi) is 12.5. The Hall–Kier alpha value is -6.18. The van der Waals surface area contributed by atoms with Crippen LogP contribution in [0.15, 0.2) is 48.5 Å². The first-order valence-corrected chi connectivity index (χ1v) is 22.5. The minimum Gasteiger partial charge on any atom is -0.453 e. The number of likely N-dealkylation sites (tertiary alicyclic amines) is 2. The third-order valence-corrected chi connectivity index (χ3v) is 13.7. The lowest BCUT2D eigenvalue weighted by molar-refractivity contribution is -0.139. The van der Waals surface area contributed by atoms with Gasteiger partial charge in [-0.2, -0.15) is 0 Å². The Balaban J connectivity index is 0.928. The molecule has 6 heterocycles. The number of carbonyl (C=O) groups is 4. The van der Waals surface area contributed by atoms with Crippen molar-refractivity contribution in [3.63, 3.8) is 0 Å². The molecule has 2 aromatic heterocycles. The Morgan fingerprint density at radius 3 is 1.73 bits per heavy atom. The number of aromatic amines is 2. The van der Waals surface area contributed by atoms with Gasteiger partial charge >= 0.3 is 12.2 Å². The zero-order valence-corrected chi connectivity index (χ0v) is 36.8. The maximum Gasteiger partial charge on any atom is 0.407 e. The highest BCUT2D eigenvalue weighted by Crippen LogP contribution is 2.39. The topological polar surface area (TPSA) is 193 Å². The van der Waals surface area contributed by atoms with E-state index >= 15 is 0 Å². The van der Waals surface area contributed by atoms with Crippen LogP contribution in [0.3, 0.4) is 0 Å². The highest BCUT2D eigenvalue weighted by Gasteiger charge is 2.44. The van der Waals surface area contributed by atoms with Crippen molar-refractivity contribution < 1.29 is 38.1 Å². The average molecular weight is 873 g/mol. The summed E-state index contributed by atoms with van der Waals surface area (Å²) in [5.41, 5.74) is 4.98. The van der Waals surface area contributed by atoms with E-state index in [0.29, 0.717) is 57.9 Å². The van der Waals surface area contributed by atoms with Crippen LogP contribution < -0.4 is 10.6 Å². The monoisotopic (exact) mass is 872 g/mol. The summed E-state index contributed by atoms with van der Waals surface area (Å²) in [7, 11) is 2.62. The molecule has 4 N–H and O–H groups in total. The maximum atomic E-state index is 14.3. The molecule has 0 unspecified atom stereocenters. The van der Waals surface area contributed by atoms with Gasteiger partial charge in [-0.05, 0) is 119 Å². The Morgan fingerprint density at radius 1 is 0.656 bits per heavy atom. The number of imidazole rings is 2. The quantitative estimate of drug-likeness (QED) is 0.127. The molecule has 0 spiro atoms. The molecule has 336 valence electrons. The Morgan fingerprint density at radius 2 is 1.17 bits per heavy atom. The molecule has 6 atom stereocenters. The van der Waals surface area contributed by atoms with Crippen LogP contribution in [0.1, 0.15) is 100 Å². The van der Waals surface area contributed by atoms with Gasteiger partial charge in [0.25, 0.3) is 0 Å². The van der Waals surface area contributed by atoms with Crippen molar-refractivity contribution in [1.82, 2.24) is 40.4 Å². The fraction of sp³-hybridized carbons (Fsp3) is 0.500. The summed E-state index contributed by atoms with van der Waals surface area (Å²) in [5, 5.41) is 7.64. The SMILES string of the molecule is COC(=O)N[C@H](C(=O)N1[C@@H](C)CC[C@H]1c1nc2ccc(C#Cc3ccc4c(ccc5[nH]c([C@@H]6CC[C@H](C)N6C(=O)[C@@H](NC(=O)OC)C6CCOCC6)nc54)c3)cc2[nH]1)C1CCOCC1. The van der Waals surface area contributed by atoms with Crippen molar-refractivity contribution >= 4 is 56.8 Å². The van der Waals surface area contributed by atoms with Crippen molar-refractivity contribution in [3.05, 3.63) is 71.3 Å². The van der Waals surface area contributed by atoms with Gasteiger partial charge < -0.3 is 49.3 Å². The van der Waals surface area contributed by atoms with Crippen molar-refractivity contribution in [2.45, 2.75) is 101 Å². The molecule has 0 saturated carbocycles. The summed E-state index contributed by atoms with van der Waals surface area (Å²) >= 11 is 0. The van der Waals surface area contributed by atoms with Gasteiger partial charge in [-0.25, -0.2) is 19.6 Å². The average Bonchev–Trinajstić information content (AvgIpc) is 4.13. The van der Waals surface area contributed by atoms with Crippen LogP contribution in [-0.4, -0.2) is 119 Å². The Bertz CT molecular complexity index is 2620. The summed E-state index contributed by atoms with van der Waals surface area (Å²) < 4.78 is 20.9. The summed E-state index contributed by atoms with van der Waals surface area (Å²) in [6.07, 6.45) is 4.60. The number of amides is 4. The number of hydrogen-bond donors (Lipinski definition) is 4. The predicted octanol–water partition coefficient (Wildman–Crippen LogP) is 6.40. The molecular formula is C48H56N8O8. The molecular weight excluding hydrogens is 817 g/mol. The summed E-state index contributed by atoms with van der Waals surface area (Å²) in [6.45, 7) is 6.28. The predicted molar refractivity (Wildman–Crippen MR) is 238 cm³/mol. The number of hydrogen-bond acceptors (Lipinski definition) is 10. The number of alkyl carbamates (subject to hydrolysis) is 2. The Labute approximate surface area is 371 Å². The third kappa shape index (κ3) is 8.58.